The second-order valence-corrected chi connectivity index (χ2v) is 20.7. The van der Waals surface area contributed by atoms with E-state index in [4.69, 9.17) is 9.47 Å². The van der Waals surface area contributed by atoms with E-state index in [-0.39, 0.29) is 30.1 Å². The minimum atomic E-state index is -0.722. The first kappa shape index (κ1) is 41.9. The van der Waals surface area contributed by atoms with Crippen LogP contribution in [0.3, 0.4) is 0 Å². The number of ether oxygens (including phenoxy) is 2. The van der Waals surface area contributed by atoms with Crippen LogP contribution < -0.4 is 0 Å². The fourth-order valence-electron chi connectivity index (χ4n) is 11.6. The number of rotatable bonds is 10. The zero-order chi connectivity index (χ0) is 45.8. The van der Waals surface area contributed by atoms with Crippen molar-refractivity contribution in [1.82, 2.24) is 0 Å². The smallest absolute Gasteiger partial charge is 0.302 e. The van der Waals surface area contributed by atoms with Gasteiger partial charge in [0.25, 0.3) is 0 Å². The third-order valence-electron chi connectivity index (χ3n) is 14.6. The van der Waals surface area contributed by atoms with E-state index in [1.54, 1.807) is 0 Å². The minimum Gasteiger partial charge on any atom is -0.465 e. The van der Waals surface area contributed by atoms with Crippen LogP contribution >= 0.6 is 0 Å². The summed E-state index contributed by atoms with van der Waals surface area (Å²) in [6.07, 6.45) is 1.91. The molecule has 2 atom stereocenters. The standard InChI is InChI=1S/C62H56O4/c1-35(2)27-39-28-44-11-9-40-13-19-49(53-23-17-45(29-39)57(44)59(40)53)42-15-21-51-52-22-16-43(33-56(52)62(55(51)32-42,34-65-37(4)63)26-25-36(3)66-38(5)64)50-20-14-41-10-12-46-30-48(61(6,7)8)31-47-18-24-54(50)60(41)58(46)47/h9-24,28-33,35-36H,25-27,34H2,1-8H3. The quantitative estimate of drug-likeness (QED) is 0.102. The molecule has 328 valence electrons. The molecule has 0 fully saturated rings. The van der Waals surface area contributed by atoms with E-state index < -0.39 is 5.41 Å². The number of esters is 2. The molecule has 66 heavy (non-hydrogen) atoms. The van der Waals surface area contributed by atoms with Crippen molar-refractivity contribution in [3.63, 3.8) is 0 Å². The Bertz CT molecular complexity index is 3550. The highest BCUT2D eigenvalue weighted by atomic mass is 16.5. The van der Waals surface area contributed by atoms with E-state index in [0.29, 0.717) is 18.8 Å². The van der Waals surface area contributed by atoms with Gasteiger partial charge in [0.2, 0.25) is 0 Å². The van der Waals surface area contributed by atoms with Crippen molar-refractivity contribution in [2.45, 2.75) is 91.6 Å². The maximum absolute atomic E-state index is 12.9. The molecule has 0 heterocycles. The zero-order valence-electron chi connectivity index (χ0n) is 39.3. The Kier molecular flexibility index (Phi) is 9.78. The Hall–Kier alpha value is -6.78. The van der Waals surface area contributed by atoms with Crippen LogP contribution in [-0.2, 0) is 36.3 Å². The van der Waals surface area contributed by atoms with Crippen LogP contribution in [0.1, 0.15) is 90.5 Å². The van der Waals surface area contributed by atoms with Gasteiger partial charge < -0.3 is 9.47 Å². The highest BCUT2D eigenvalue weighted by Gasteiger charge is 2.45. The van der Waals surface area contributed by atoms with Crippen molar-refractivity contribution in [1.29, 1.82) is 0 Å². The Labute approximate surface area is 387 Å². The van der Waals surface area contributed by atoms with Crippen LogP contribution in [0.15, 0.2) is 133 Å². The van der Waals surface area contributed by atoms with Gasteiger partial charge in [-0.1, -0.05) is 156 Å². The average molecular weight is 865 g/mol. The lowest BCUT2D eigenvalue weighted by atomic mass is 9.73. The monoisotopic (exact) mass is 864 g/mol. The van der Waals surface area contributed by atoms with Crippen molar-refractivity contribution >= 4 is 76.6 Å². The molecule has 0 spiro atoms. The van der Waals surface area contributed by atoms with Gasteiger partial charge in [0.1, 0.15) is 6.61 Å². The molecule has 0 aliphatic heterocycles. The number of hydrogen-bond acceptors (Lipinski definition) is 4. The molecule has 0 saturated carbocycles. The number of carbonyl (C=O) groups is 2. The molecule has 4 heteroatoms. The van der Waals surface area contributed by atoms with E-state index in [9.17, 15) is 9.59 Å². The molecule has 4 nitrogen and oxygen atoms in total. The van der Waals surface area contributed by atoms with Crippen LogP contribution in [0, 0.1) is 5.92 Å². The molecular weight excluding hydrogens is 809 g/mol. The molecule has 0 aromatic heterocycles. The van der Waals surface area contributed by atoms with E-state index in [0.717, 1.165) is 45.4 Å². The van der Waals surface area contributed by atoms with Crippen LogP contribution in [0.2, 0.25) is 0 Å². The van der Waals surface area contributed by atoms with Crippen molar-refractivity contribution < 1.29 is 19.1 Å². The summed E-state index contributed by atoms with van der Waals surface area (Å²) in [5.41, 5.74) is 11.1. The van der Waals surface area contributed by atoms with E-state index >= 15 is 0 Å². The summed E-state index contributed by atoms with van der Waals surface area (Å²) in [6, 6.07) is 50.6. The number of carbonyl (C=O) groups excluding carboxylic acids is 2. The average Bonchev–Trinajstić information content (AvgIpc) is 3.55. The number of fused-ring (bicyclic) bond motifs is 3. The SMILES string of the molecule is CC(=O)OCC1(CCC(C)OC(C)=O)c2cc(-c3ccc4ccc5cc(CC(C)C)cc6ccc3c4c56)ccc2-c2ccc(-c3ccc4ccc5cc(C(C)(C)C)cc6ccc3c4c56)cc21. The Morgan fingerprint density at radius 1 is 0.530 bits per heavy atom. The van der Waals surface area contributed by atoms with Gasteiger partial charge in [0, 0.05) is 13.8 Å². The summed E-state index contributed by atoms with van der Waals surface area (Å²) in [7, 11) is 0. The predicted molar refractivity (Wildman–Crippen MR) is 275 cm³/mol. The molecule has 11 rings (SSSR count). The maximum atomic E-state index is 12.9. The van der Waals surface area contributed by atoms with Gasteiger partial charge in [0.05, 0.1) is 11.5 Å². The molecule has 1 aliphatic carbocycles. The van der Waals surface area contributed by atoms with Crippen molar-refractivity contribution in [3.8, 4) is 33.4 Å². The van der Waals surface area contributed by atoms with E-state index in [1.807, 2.05) is 6.92 Å². The van der Waals surface area contributed by atoms with Gasteiger partial charge in [-0.05, 0) is 170 Å². The Morgan fingerprint density at radius 2 is 0.985 bits per heavy atom. The second-order valence-electron chi connectivity index (χ2n) is 20.7. The van der Waals surface area contributed by atoms with Gasteiger partial charge in [0.15, 0.2) is 0 Å². The van der Waals surface area contributed by atoms with Gasteiger partial charge in [-0.3, -0.25) is 9.59 Å². The first-order valence-electron chi connectivity index (χ1n) is 23.7. The largest absolute Gasteiger partial charge is 0.465 e. The van der Waals surface area contributed by atoms with Crippen molar-refractivity contribution in [2.75, 3.05) is 6.61 Å². The van der Waals surface area contributed by atoms with Gasteiger partial charge >= 0.3 is 11.9 Å². The van der Waals surface area contributed by atoms with Crippen LogP contribution in [-0.4, -0.2) is 24.6 Å². The molecule has 1 aliphatic rings. The molecule has 0 saturated heterocycles. The third-order valence-corrected chi connectivity index (χ3v) is 14.6. The molecule has 10 aromatic rings. The summed E-state index contributed by atoms with van der Waals surface area (Å²) < 4.78 is 11.9. The lowest BCUT2D eigenvalue weighted by molar-refractivity contribution is -0.145. The lowest BCUT2D eigenvalue weighted by Gasteiger charge is -2.33. The minimum absolute atomic E-state index is 0.0343. The first-order chi connectivity index (χ1) is 31.7. The third kappa shape index (κ3) is 6.79. The molecule has 0 radical (unpaired) electrons. The highest BCUT2D eigenvalue weighted by molar-refractivity contribution is 6.27. The topological polar surface area (TPSA) is 52.6 Å². The predicted octanol–water partition coefficient (Wildman–Crippen LogP) is 15.9. The summed E-state index contributed by atoms with van der Waals surface area (Å²) >= 11 is 0. The van der Waals surface area contributed by atoms with Crippen molar-refractivity contribution in [3.05, 3.63) is 156 Å². The van der Waals surface area contributed by atoms with Gasteiger partial charge in [-0.25, -0.2) is 0 Å². The molecule has 2 unspecified atom stereocenters. The fourth-order valence-corrected chi connectivity index (χ4v) is 11.6. The van der Waals surface area contributed by atoms with Gasteiger partial charge in [-0.15, -0.1) is 0 Å². The highest BCUT2D eigenvalue weighted by Crippen LogP contribution is 2.55. The fraction of sp³-hybridized carbons (Fsp3) is 0.258. The summed E-state index contributed by atoms with van der Waals surface area (Å²) in [5.74, 6) is -0.0493. The van der Waals surface area contributed by atoms with Crippen molar-refractivity contribution in [2.24, 2.45) is 5.92 Å². The molecule has 0 N–H and O–H groups in total. The van der Waals surface area contributed by atoms with E-state index in [1.165, 1.54) is 95.2 Å². The Morgan fingerprint density at radius 3 is 1.45 bits per heavy atom. The summed E-state index contributed by atoms with van der Waals surface area (Å²) in [4.78, 5) is 25.2. The van der Waals surface area contributed by atoms with E-state index in [2.05, 4.69) is 168 Å². The molecule has 0 bridgehead atoms. The van der Waals surface area contributed by atoms with Gasteiger partial charge in [-0.2, -0.15) is 0 Å². The zero-order valence-corrected chi connectivity index (χ0v) is 39.3. The maximum Gasteiger partial charge on any atom is 0.302 e. The molecular formula is C62H56O4. The second kappa shape index (κ2) is 15.4. The molecule has 10 aromatic carbocycles. The molecule has 0 amide bonds. The summed E-state index contributed by atoms with van der Waals surface area (Å²) in [6.45, 7) is 16.5. The normalized spacial score (nSPS) is 15.5. The van der Waals surface area contributed by atoms with Crippen LogP contribution in [0.4, 0.5) is 0 Å². The first-order valence-corrected chi connectivity index (χ1v) is 23.7. The summed E-state index contributed by atoms with van der Waals surface area (Å²) in [5, 5.41) is 15.1. The van der Waals surface area contributed by atoms with Crippen LogP contribution in [0.25, 0.3) is 98.0 Å². The number of benzene rings is 10. The lowest BCUT2D eigenvalue weighted by Crippen LogP contribution is -2.33. The van der Waals surface area contributed by atoms with Crippen LogP contribution in [0.5, 0.6) is 0 Å². The number of hydrogen-bond donors (Lipinski definition) is 0. The Balaban J connectivity index is 1.09.